The van der Waals surface area contributed by atoms with E-state index in [1.807, 2.05) is 20.2 Å². The van der Waals surface area contributed by atoms with E-state index in [9.17, 15) is 4.79 Å². The molecule has 136 valence electrons. The maximum Gasteiger partial charge on any atom is 0.225 e. The summed E-state index contributed by atoms with van der Waals surface area (Å²) in [6, 6.07) is 10.6. The molecule has 2 aromatic rings. The molecule has 5 heteroatoms. The van der Waals surface area contributed by atoms with E-state index in [2.05, 4.69) is 39.1 Å². The zero-order chi connectivity index (χ0) is 18.1. The van der Waals surface area contributed by atoms with Crippen LogP contribution in [0.3, 0.4) is 0 Å². The quantitative estimate of drug-likeness (QED) is 0.854. The van der Waals surface area contributed by atoms with Crippen LogP contribution in [0.2, 0.25) is 0 Å². The topological polar surface area (TPSA) is 49.3 Å². The number of carbonyl (C=O) groups is 1. The predicted octanol–water partition coefficient (Wildman–Crippen LogP) is 2.98. The van der Waals surface area contributed by atoms with Crippen LogP contribution in [0.4, 0.5) is 5.95 Å². The molecule has 0 N–H and O–H groups in total. The highest BCUT2D eigenvalue weighted by atomic mass is 16.2. The number of nitrogens with zero attached hydrogens (tertiary/aromatic N) is 4. The van der Waals surface area contributed by atoms with Gasteiger partial charge in [0.25, 0.3) is 0 Å². The summed E-state index contributed by atoms with van der Waals surface area (Å²) in [6.07, 6.45) is 7.48. The molecule has 1 aliphatic carbocycles. The van der Waals surface area contributed by atoms with Gasteiger partial charge in [-0.05, 0) is 47.8 Å². The minimum Gasteiger partial charge on any atom is -0.349 e. The predicted molar refractivity (Wildman–Crippen MR) is 102 cm³/mol. The number of hydrogen-bond donors (Lipinski definition) is 0. The highest BCUT2D eigenvalue weighted by molar-refractivity contribution is 5.77. The van der Waals surface area contributed by atoms with Crippen molar-refractivity contribution in [1.29, 1.82) is 0 Å². The minimum absolute atomic E-state index is 0.194. The molecule has 1 fully saturated rings. The summed E-state index contributed by atoms with van der Waals surface area (Å²) >= 11 is 0. The summed E-state index contributed by atoms with van der Waals surface area (Å²) < 4.78 is 0. The van der Waals surface area contributed by atoms with Crippen LogP contribution in [0.25, 0.3) is 0 Å². The van der Waals surface area contributed by atoms with Crippen LogP contribution in [0.1, 0.15) is 42.7 Å². The van der Waals surface area contributed by atoms with Crippen LogP contribution in [0, 0.1) is 0 Å². The van der Waals surface area contributed by atoms with Gasteiger partial charge in [-0.15, -0.1) is 0 Å². The third kappa shape index (κ3) is 2.96. The molecule has 1 amide bonds. The van der Waals surface area contributed by atoms with Crippen molar-refractivity contribution < 1.29 is 4.79 Å². The Labute approximate surface area is 155 Å². The van der Waals surface area contributed by atoms with Crippen LogP contribution in [0.15, 0.2) is 42.7 Å². The first kappa shape index (κ1) is 17.0. The van der Waals surface area contributed by atoms with E-state index in [4.69, 9.17) is 0 Å². The number of piperidine rings is 1. The Bertz CT molecular complexity index is 782. The highest BCUT2D eigenvalue weighted by Crippen LogP contribution is 2.52. The van der Waals surface area contributed by atoms with Gasteiger partial charge in [-0.25, -0.2) is 9.97 Å². The van der Waals surface area contributed by atoms with E-state index < -0.39 is 0 Å². The van der Waals surface area contributed by atoms with Crippen LogP contribution in [0.5, 0.6) is 0 Å². The number of amides is 1. The number of fused-ring (bicyclic) bond motifs is 2. The van der Waals surface area contributed by atoms with Gasteiger partial charge < -0.3 is 9.80 Å². The fraction of sp³-hybridized carbons (Fsp3) is 0.476. The number of aromatic nitrogens is 2. The molecule has 2 heterocycles. The van der Waals surface area contributed by atoms with Gasteiger partial charge in [0, 0.05) is 46.0 Å². The first-order valence-corrected chi connectivity index (χ1v) is 9.41. The third-order valence-corrected chi connectivity index (χ3v) is 6.08. The van der Waals surface area contributed by atoms with Crippen LogP contribution in [-0.4, -0.2) is 48.0 Å². The molecule has 1 aromatic heterocycles. The number of benzene rings is 1. The molecule has 0 radical (unpaired) electrons. The zero-order valence-electron chi connectivity index (χ0n) is 15.6. The molecule has 1 aromatic carbocycles. The van der Waals surface area contributed by atoms with E-state index in [1.54, 1.807) is 17.3 Å². The molecule has 0 unspecified atom stereocenters. The van der Waals surface area contributed by atoms with Crippen molar-refractivity contribution in [2.75, 3.05) is 32.1 Å². The lowest BCUT2D eigenvalue weighted by Crippen LogP contribution is -2.42. The van der Waals surface area contributed by atoms with Crippen molar-refractivity contribution in [2.45, 2.75) is 37.0 Å². The first-order valence-electron chi connectivity index (χ1n) is 9.41. The van der Waals surface area contributed by atoms with Gasteiger partial charge in [0.05, 0.1) is 0 Å². The summed E-state index contributed by atoms with van der Waals surface area (Å²) in [4.78, 5) is 25.1. The van der Waals surface area contributed by atoms with Gasteiger partial charge in [-0.2, -0.15) is 0 Å². The highest BCUT2D eigenvalue weighted by Gasteiger charge is 2.45. The minimum atomic E-state index is 0.194. The number of hydrogen-bond acceptors (Lipinski definition) is 4. The number of rotatable bonds is 3. The van der Waals surface area contributed by atoms with Crippen molar-refractivity contribution >= 4 is 11.9 Å². The fourth-order valence-electron chi connectivity index (χ4n) is 4.67. The molecule has 1 aliphatic heterocycles. The lowest BCUT2D eigenvalue weighted by Gasteiger charge is -2.40. The second-order valence-electron chi connectivity index (χ2n) is 7.80. The van der Waals surface area contributed by atoms with Crippen molar-refractivity contribution in [1.82, 2.24) is 14.9 Å². The monoisotopic (exact) mass is 350 g/mol. The van der Waals surface area contributed by atoms with E-state index in [1.165, 1.54) is 11.1 Å². The smallest absolute Gasteiger partial charge is 0.225 e. The average Bonchev–Trinajstić information content (AvgIpc) is 2.96. The third-order valence-electron chi connectivity index (χ3n) is 6.08. The molecule has 2 aliphatic rings. The van der Waals surface area contributed by atoms with E-state index in [0.29, 0.717) is 12.3 Å². The average molecular weight is 350 g/mol. The summed E-state index contributed by atoms with van der Waals surface area (Å²) in [5.41, 5.74) is 3.04. The maximum absolute atomic E-state index is 12.3. The van der Waals surface area contributed by atoms with Gasteiger partial charge in [-0.3, -0.25) is 4.79 Å². The Balaban J connectivity index is 1.55. The molecule has 0 saturated carbocycles. The molecular formula is C21H26N4O. The van der Waals surface area contributed by atoms with Crippen molar-refractivity contribution in [3.8, 4) is 0 Å². The number of anilines is 1. The summed E-state index contributed by atoms with van der Waals surface area (Å²) in [6.45, 7) is 1.93. The molecule has 26 heavy (non-hydrogen) atoms. The largest absolute Gasteiger partial charge is 0.349 e. The summed E-state index contributed by atoms with van der Waals surface area (Å²) in [5.74, 6) is 1.38. The van der Waals surface area contributed by atoms with Crippen molar-refractivity contribution in [3.63, 3.8) is 0 Å². The second-order valence-corrected chi connectivity index (χ2v) is 7.80. The lowest BCUT2D eigenvalue weighted by molar-refractivity contribution is -0.129. The molecular weight excluding hydrogens is 324 g/mol. The fourth-order valence-corrected chi connectivity index (χ4v) is 4.67. The Morgan fingerprint density at radius 3 is 2.54 bits per heavy atom. The van der Waals surface area contributed by atoms with E-state index in [-0.39, 0.29) is 11.3 Å². The molecule has 1 spiro atoms. The van der Waals surface area contributed by atoms with Crippen LogP contribution < -0.4 is 4.90 Å². The molecule has 1 saturated heterocycles. The van der Waals surface area contributed by atoms with Crippen molar-refractivity contribution in [2.24, 2.45) is 0 Å². The Kier molecular flexibility index (Phi) is 4.39. The second kappa shape index (κ2) is 6.71. The van der Waals surface area contributed by atoms with Crippen LogP contribution in [-0.2, 0) is 10.2 Å². The number of carbonyl (C=O) groups excluding carboxylic acids is 1. The molecule has 1 atom stereocenters. The maximum atomic E-state index is 12.3. The van der Waals surface area contributed by atoms with Gasteiger partial charge in [0.2, 0.25) is 11.9 Å². The van der Waals surface area contributed by atoms with E-state index >= 15 is 0 Å². The zero-order valence-corrected chi connectivity index (χ0v) is 15.6. The van der Waals surface area contributed by atoms with Gasteiger partial charge in [0.1, 0.15) is 0 Å². The molecule has 5 nitrogen and oxygen atoms in total. The van der Waals surface area contributed by atoms with Crippen molar-refractivity contribution in [3.05, 3.63) is 53.9 Å². The molecule has 4 rings (SSSR count). The first-order chi connectivity index (χ1) is 12.6. The van der Waals surface area contributed by atoms with Gasteiger partial charge in [0.15, 0.2) is 0 Å². The summed E-state index contributed by atoms with van der Waals surface area (Å²) in [7, 11) is 3.69. The summed E-state index contributed by atoms with van der Waals surface area (Å²) in [5, 5.41) is 0. The standard InChI is InChI=1S/C21H26N4O/c1-24(2)19(26)14-16-15-21(18-7-4-3-6-17(16)18)8-12-25(13-9-21)20-22-10-5-11-23-20/h3-7,10-11,16H,8-9,12-15H2,1-2H3/t16-/m1/s1. The van der Waals surface area contributed by atoms with Crippen LogP contribution >= 0.6 is 0 Å². The van der Waals surface area contributed by atoms with Gasteiger partial charge >= 0.3 is 0 Å². The Morgan fingerprint density at radius 1 is 1.15 bits per heavy atom. The lowest BCUT2D eigenvalue weighted by atomic mass is 9.73. The Morgan fingerprint density at radius 2 is 1.85 bits per heavy atom. The SMILES string of the molecule is CN(C)C(=O)C[C@@H]1CC2(CCN(c3ncccn3)CC2)c2ccccc21. The van der Waals surface area contributed by atoms with Gasteiger partial charge in [-0.1, -0.05) is 24.3 Å². The Hall–Kier alpha value is -2.43. The normalized spacial score (nSPS) is 20.8. The van der Waals surface area contributed by atoms with E-state index in [0.717, 1.165) is 38.3 Å². The molecule has 0 bridgehead atoms.